The first-order valence-electron chi connectivity index (χ1n) is 10.6. The van der Waals surface area contributed by atoms with Crippen LogP contribution in [0.25, 0.3) is 16.8 Å². The molecule has 0 bridgehead atoms. The number of benzene rings is 3. The van der Waals surface area contributed by atoms with Gasteiger partial charge in [-0.25, -0.2) is 22.6 Å². The zero-order valence-electron chi connectivity index (χ0n) is 18.8. The number of sulfonamides is 1. The molecule has 8 nitrogen and oxygen atoms in total. The summed E-state index contributed by atoms with van der Waals surface area (Å²) in [4.78, 5) is 12.7. The van der Waals surface area contributed by atoms with Gasteiger partial charge >= 0.3 is 6.18 Å². The highest BCUT2D eigenvalue weighted by Gasteiger charge is 2.36. The lowest BCUT2D eigenvalue weighted by molar-refractivity contribution is -0.141. The third-order valence-corrected chi connectivity index (χ3v) is 6.30. The average Bonchev–Trinajstić information content (AvgIpc) is 3.30. The maximum absolute atomic E-state index is 15.0. The predicted octanol–water partition coefficient (Wildman–Crippen LogP) is 4.06. The molecular formula is C24H19F4N5O3S. The number of halogens is 4. The zero-order chi connectivity index (χ0) is 27.0. The zero-order valence-corrected chi connectivity index (χ0v) is 19.6. The first-order chi connectivity index (χ1) is 17.4. The highest BCUT2D eigenvalue weighted by molar-refractivity contribution is 7.89. The van der Waals surface area contributed by atoms with Crippen molar-refractivity contribution in [3.63, 3.8) is 0 Å². The van der Waals surface area contributed by atoms with E-state index in [1.54, 1.807) is 12.1 Å². The highest BCUT2D eigenvalue weighted by Crippen LogP contribution is 2.32. The number of alkyl halides is 3. The Morgan fingerprint density at radius 3 is 2.35 bits per heavy atom. The molecular weight excluding hydrogens is 514 g/mol. The van der Waals surface area contributed by atoms with Crippen LogP contribution in [-0.4, -0.2) is 24.1 Å². The van der Waals surface area contributed by atoms with Crippen LogP contribution in [-0.2, 0) is 22.7 Å². The number of aromatic nitrogens is 2. The van der Waals surface area contributed by atoms with E-state index < -0.39 is 39.3 Å². The summed E-state index contributed by atoms with van der Waals surface area (Å²) in [7, 11) is -4.16. The Morgan fingerprint density at radius 1 is 0.973 bits per heavy atom. The van der Waals surface area contributed by atoms with Gasteiger partial charge < -0.3 is 11.1 Å². The second kappa shape index (κ2) is 9.76. The second-order valence-corrected chi connectivity index (χ2v) is 9.42. The summed E-state index contributed by atoms with van der Waals surface area (Å²) in [5, 5.41) is 11.1. The summed E-state index contributed by atoms with van der Waals surface area (Å²) < 4.78 is 79.7. The van der Waals surface area contributed by atoms with Crippen LogP contribution < -0.4 is 16.2 Å². The minimum absolute atomic E-state index is 0.00746. The van der Waals surface area contributed by atoms with Crippen LogP contribution >= 0.6 is 0 Å². The van der Waals surface area contributed by atoms with Gasteiger partial charge in [0.2, 0.25) is 10.0 Å². The van der Waals surface area contributed by atoms with E-state index in [0.29, 0.717) is 11.6 Å². The molecule has 0 atom stereocenters. The van der Waals surface area contributed by atoms with Gasteiger partial charge in [0.15, 0.2) is 5.69 Å². The molecule has 0 aliphatic heterocycles. The Kier molecular flexibility index (Phi) is 6.86. The SMILES string of the molecule is NCc1cccc(-n2nc(C(F)(F)F)cc2C(=O)Nc2ccc(-c3ccccc3S(N)(=O)=O)c(F)c2)c1. The molecule has 0 saturated carbocycles. The molecule has 1 amide bonds. The standard InChI is InChI=1S/C24H19F4N5O3S/c25-19-11-15(8-9-17(19)18-6-1-2-7-21(18)37(30,35)36)31-23(34)20-12-22(24(26,27)28)32-33(20)16-5-3-4-14(10-16)13-29/h1-12H,13,29H2,(H,31,34)(H2,30,35,36). The van der Waals surface area contributed by atoms with Crippen molar-refractivity contribution in [2.24, 2.45) is 10.9 Å². The van der Waals surface area contributed by atoms with Gasteiger partial charge in [-0.2, -0.15) is 18.3 Å². The molecule has 3 aromatic carbocycles. The average molecular weight is 534 g/mol. The van der Waals surface area contributed by atoms with Crippen molar-refractivity contribution in [2.45, 2.75) is 17.6 Å². The fourth-order valence-corrected chi connectivity index (χ4v) is 4.39. The first-order valence-corrected chi connectivity index (χ1v) is 12.1. The molecule has 0 unspecified atom stereocenters. The van der Waals surface area contributed by atoms with Gasteiger partial charge in [0.05, 0.1) is 10.6 Å². The van der Waals surface area contributed by atoms with Gasteiger partial charge in [0, 0.05) is 29.4 Å². The van der Waals surface area contributed by atoms with E-state index in [9.17, 15) is 30.8 Å². The summed E-state index contributed by atoms with van der Waals surface area (Å²) in [6.07, 6.45) is -4.82. The normalized spacial score (nSPS) is 11.9. The number of hydrogen-bond donors (Lipinski definition) is 3. The van der Waals surface area contributed by atoms with Crippen LogP contribution in [0.5, 0.6) is 0 Å². The van der Waals surface area contributed by atoms with E-state index >= 15 is 0 Å². The van der Waals surface area contributed by atoms with Crippen LogP contribution in [0.1, 0.15) is 21.7 Å². The number of rotatable bonds is 6. The summed E-state index contributed by atoms with van der Waals surface area (Å²) in [5.41, 5.74) is 4.45. The van der Waals surface area contributed by atoms with Crippen LogP contribution in [0.15, 0.2) is 77.7 Å². The van der Waals surface area contributed by atoms with Crippen molar-refractivity contribution in [1.29, 1.82) is 0 Å². The van der Waals surface area contributed by atoms with Crippen LogP contribution in [0, 0.1) is 5.82 Å². The molecule has 0 aliphatic rings. The molecule has 0 aliphatic carbocycles. The summed E-state index contributed by atoms with van der Waals surface area (Å²) >= 11 is 0. The second-order valence-electron chi connectivity index (χ2n) is 7.89. The van der Waals surface area contributed by atoms with E-state index in [4.69, 9.17) is 10.9 Å². The number of nitrogens with zero attached hydrogens (tertiary/aromatic N) is 2. The van der Waals surface area contributed by atoms with E-state index in [-0.39, 0.29) is 33.9 Å². The molecule has 13 heteroatoms. The van der Waals surface area contributed by atoms with E-state index in [1.165, 1.54) is 48.5 Å². The predicted molar refractivity (Wildman–Crippen MR) is 128 cm³/mol. The van der Waals surface area contributed by atoms with Crippen molar-refractivity contribution in [3.05, 3.63) is 95.6 Å². The maximum Gasteiger partial charge on any atom is 0.435 e. The Balaban J connectivity index is 1.70. The molecule has 37 heavy (non-hydrogen) atoms. The molecule has 4 aromatic rings. The number of nitrogens with two attached hydrogens (primary N) is 2. The van der Waals surface area contributed by atoms with Crippen LogP contribution in [0.4, 0.5) is 23.2 Å². The van der Waals surface area contributed by atoms with Gasteiger partial charge in [-0.1, -0.05) is 30.3 Å². The smallest absolute Gasteiger partial charge is 0.326 e. The minimum Gasteiger partial charge on any atom is -0.326 e. The number of hydrogen-bond acceptors (Lipinski definition) is 5. The maximum atomic E-state index is 15.0. The molecule has 5 N–H and O–H groups in total. The van der Waals surface area contributed by atoms with Gasteiger partial charge in [-0.05, 0) is 42.0 Å². The van der Waals surface area contributed by atoms with Crippen LogP contribution in [0.2, 0.25) is 0 Å². The number of amides is 1. The molecule has 192 valence electrons. The van der Waals surface area contributed by atoms with Crippen molar-refractivity contribution >= 4 is 21.6 Å². The highest BCUT2D eigenvalue weighted by atomic mass is 32.2. The van der Waals surface area contributed by atoms with E-state index in [0.717, 1.165) is 10.7 Å². The molecule has 1 heterocycles. The molecule has 0 saturated heterocycles. The topological polar surface area (TPSA) is 133 Å². The molecule has 1 aromatic heterocycles. The van der Waals surface area contributed by atoms with E-state index in [2.05, 4.69) is 10.4 Å². The monoisotopic (exact) mass is 533 g/mol. The van der Waals surface area contributed by atoms with Gasteiger partial charge in [0.25, 0.3) is 5.91 Å². The number of nitrogens with one attached hydrogen (secondary N) is 1. The fraction of sp³-hybridized carbons (Fsp3) is 0.0833. The number of anilines is 1. The van der Waals surface area contributed by atoms with Gasteiger partial charge in [-0.3, -0.25) is 4.79 Å². The first kappa shape index (κ1) is 26.0. The summed E-state index contributed by atoms with van der Waals surface area (Å²) in [6, 6.07) is 15.7. The van der Waals surface area contributed by atoms with Crippen molar-refractivity contribution in [1.82, 2.24) is 9.78 Å². The molecule has 0 radical (unpaired) electrons. The largest absolute Gasteiger partial charge is 0.435 e. The van der Waals surface area contributed by atoms with Crippen molar-refractivity contribution < 1.29 is 30.8 Å². The summed E-state index contributed by atoms with van der Waals surface area (Å²) in [5.74, 6) is -1.88. The quantitative estimate of drug-likeness (QED) is 0.322. The lowest BCUT2D eigenvalue weighted by atomic mass is 10.0. The Hall–Kier alpha value is -4.07. The number of carbonyl (C=O) groups excluding carboxylic acids is 1. The van der Waals surface area contributed by atoms with Gasteiger partial charge in [0.1, 0.15) is 11.5 Å². The number of carbonyl (C=O) groups is 1. The third-order valence-electron chi connectivity index (χ3n) is 5.33. The Morgan fingerprint density at radius 2 is 1.70 bits per heavy atom. The Bertz CT molecular complexity index is 1600. The Labute approximate surface area is 208 Å². The minimum atomic E-state index is -4.82. The number of primary sulfonamides is 1. The van der Waals surface area contributed by atoms with Crippen LogP contribution in [0.3, 0.4) is 0 Å². The third kappa shape index (κ3) is 5.53. The lowest BCUT2D eigenvalue weighted by Gasteiger charge is -2.12. The molecule has 0 spiro atoms. The van der Waals surface area contributed by atoms with Crippen molar-refractivity contribution in [2.75, 3.05) is 5.32 Å². The van der Waals surface area contributed by atoms with E-state index in [1.807, 2.05) is 0 Å². The fourth-order valence-electron chi connectivity index (χ4n) is 3.64. The lowest BCUT2D eigenvalue weighted by Crippen LogP contribution is -2.17. The summed E-state index contributed by atoms with van der Waals surface area (Å²) in [6.45, 7) is 0.114. The molecule has 0 fully saturated rings. The molecule has 4 rings (SSSR count). The van der Waals surface area contributed by atoms with Crippen molar-refractivity contribution in [3.8, 4) is 16.8 Å². The van der Waals surface area contributed by atoms with Gasteiger partial charge in [-0.15, -0.1) is 0 Å².